The summed E-state index contributed by atoms with van der Waals surface area (Å²) in [5.74, 6) is 3.64. The highest BCUT2D eigenvalue weighted by Crippen LogP contribution is 2.50. The lowest BCUT2D eigenvalue weighted by Crippen LogP contribution is -2.69. The average molecular weight is 729 g/mol. The smallest absolute Gasteiger partial charge is 0.201 e. The SMILES string of the molecule is CC(C)[Si](O[C@@H]1[C@H](O[Si](C(C)C)(C(C)C)C(C)C)[C@@H](C#C[Si](C)(C)C)O[C@H](CO)[C@H]1O[Si](C(C)C)(C(C)C)C(C)C)(C(C)C)C(C)C. The summed E-state index contributed by atoms with van der Waals surface area (Å²) in [5.41, 5.74) is 7.11. The molecule has 1 aliphatic rings. The van der Waals surface area contributed by atoms with Crippen LogP contribution in [0.4, 0.5) is 0 Å². The molecular weight excluding hydrogens is 649 g/mol. The molecule has 0 saturated carbocycles. The molecule has 47 heavy (non-hydrogen) atoms. The fourth-order valence-electron chi connectivity index (χ4n) is 9.80. The maximum absolute atomic E-state index is 11.1. The second kappa shape index (κ2) is 17.6. The highest BCUT2D eigenvalue weighted by Gasteiger charge is 2.59. The zero-order valence-electron chi connectivity index (χ0n) is 34.9. The van der Waals surface area contributed by atoms with E-state index in [9.17, 15) is 5.11 Å². The third-order valence-corrected chi connectivity index (χ3v) is 30.7. The maximum atomic E-state index is 11.1. The molecule has 1 heterocycles. The van der Waals surface area contributed by atoms with Gasteiger partial charge < -0.3 is 23.1 Å². The number of aliphatic hydroxyl groups excluding tert-OH is 1. The van der Waals surface area contributed by atoms with Crippen molar-refractivity contribution in [1.29, 1.82) is 0 Å². The second-order valence-corrected chi connectivity index (χ2v) is 39.5. The van der Waals surface area contributed by atoms with Gasteiger partial charge in [0.25, 0.3) is 0 Å². The van der Waals surface area contributed by atoms with E-state index >= 15 is 0 Å². The molecule has 9 heteroatoms. The van der Waals surface area contributed by atoms with Crippen molar-refractivity contribution in [3.8, 4) is 11.5 Å². The lowest BCUT2D eigenvalue weighted by Gasteiger charge is -2.56. The Morgan fingerprint density at radius 3 is 1.02 bits per heavy atom. The predicted octanol–water partition coefficient (Wildman–Crippen LogP) is 11.3. The Hall–Kier alpha value is 0.228. The minimum atomic E-state index is -2.45. The zero-order chi connectivity index (χ0) is 37.0. The standard InChI is InChI=1S/C38H80O5Si4/c1-25(2)45(26(3)4,27(5)6)41-36-34(22-23-44(19,20)21)40-35(24-39)37(42-46(28(7)8,29(9)10)30(11)12)38(36)43-47(31(13)14,32(15)16)33(17)18/h25-39H,24H2,1-21H3/t34-,35-,36-,37-,38-/m1/s1. The fraction of sp³-hybridized carbons (Fsp3) is 0.947. The normalized spacial score (nSPS) is 23.9. The van der Waals surface area contributed by atoms with Gasteiger partial charge in [-0.25, -0.2) is 0 Å². The van der Waals surface area contributed by atoms with Gasteiger partial charge >= 0.3 is 0 Å². The first-order valence-electron chi connectivity index (χ1n) is 19.1. The van der Waals surface area contributed by atoms with Crippen LogP contribution >= 0.6 is 0 Å². The molecule has 5 nitrogen and oxygen atoms in total. The van der Waals surface area contributed by atoms with Crippen LogP contribution in [0.2, 0.25) is 69.5 Å². The molecule has 0 aliphatic carbocycles. The number of rotatable bonds is 16. The van der Waals surface area contributed by atoms with Crippen LogP contribution in [-0.2, 0) is 18.0 Å². The highest BCUT2D eigenvalue weighted by molar-refractivity contribution is 6.84. The molecule has 0 aromatic carbocycles. The van der Waals surface area contributed by atoms with E-state index in [2.05, 4.69) is 156 Å². The van der Waals surface area contributed by atoms with E-state index in [1.165, 1.54) is 0 Å². The van der Waals surface area contributed by atoms with Crippen LogP contribution in [0.1, 0.15) is 125 Å². The van der Waals surface area contributed by atoms with Crippen molar-refractivity contribution in [2.45, 2.75) is 225 Å². The molecule has 1 rings (SSSR count). The summed E-state index contributed by atoms with van der Waals surface area (Å²) in [6, 6.07) is 0. The van der Waals surface area contributed by atoms with E-state index in [1.807, 2.05) is 0 Å². The van der Waals surface area contributed by atoms with Crippen LogP contribution in [0.3, 0.4) is 0 Å². The van der Waals surface area contributed by atoms with Gasteiger partial charge in [-0.2, -0.15) is 0 Å². The average Bonchev–Trinajstić information content (AvgIpc) is 2.90. The van der Waals surface area contributed by atoms with Gasteiger partial charge in [0.15, 0.2) is 0 Å². The lowest BCUT2D eigenvalue weighted by atomic mass is 9.95. The van der Waals surface area contributed by atoms with Crippen molar-refractivity contribution in [2.75, 3.05) is 6.61 Å². The van der Waals surface area contributed by atoms with E-state index in [1.54, 1.807) is 0 Å². The molecule has 0 aromatic heterocycles. The van der Waals surface area contributed by atoms with Crippen molar-refractivity contribution in [1.82, 2.24) is 0 Å². The highest BCUT2D eigenvalue weighted by atomic mass is 28.4. The van der Waals surface area contributed by atoms with Crippen molar-refractivity contribution in [2.24, 2.45) is 0 Å². The minimum absolute atomic E-state index is 0.137. The third kappa shape index (κ3) is 9.57. The molecule has 278 valence electrons. The molecule has 0 radical (unpaired) electrons. The summed E-state index contributed by atoms with van der Waals surface area (Å²) in [5, 5.41) is 11.1. The molecule has 1 fully saturated rings. The fourth-order valence-corrected chi connectivity index (χ4v) is 27.1. The zero-order valence-corrected chi connectivity index (χ0v) is 38.9. The topological polar surface area (TPSA) is 57.2 Å². The Labute approximate surface area is 297 Å². The first-order valence-corrected chi connectivity index (χ1v) is 29.0. The predicted molar refractivity (Wildman–Crippen MR) is 215 cm³/mol. The molecule has 0 bridgehead atoms. The maximum Gasteiger partial charge on any atom is 0.201 e. The van der Waals surface area contributed by atoms with Gasteiger partial charge in [0, 0.05) is 0 Å². The molecule has 5 atom stereocenters. The van der Waals surface area contributed by atoms with Crippen LogP contribution in [0.25, 0.3) is 0 Å². The summed E-state index contributed by atoms with van der Waals surface area (Å²) >= 11 is 0. The van der Waals surface area contributed by atoms with Crippen molar-refractivity contribution in [3.63, 3.8) is 0 Å². The number of hydrogen-bond donors (Lipinski definition) is 1. The van der Waals surface area contributed by atoms with E-state index in [-0.39, 0.29) is 6.61 Å². The van der Waals surface area contributed by atoms with Gasteiger partial charge in [-0.15, -0.1) is 5.54 Å². The van der Waals surface area contributed by atoms with Gasteiger partial charge in [-0.3, -0.25) is 0 Å². The first kappa shape index (κ1) is 45.2. The number of hydrogen-bond acceptors (Lipinski definition) is 5. The summed E-state index contributed by atoms with van der Waals surface area (Å²) in [4.78, 5) is 0. The van der Waals surface area contributed by atoms with Gasteiger partial charge in [0.2, 0.25) is 25.0 Å². The third-order valence-electron chi connectivity index (χ3n) is 11.5. The molecule has 1 aliphatic heterocycles. The van der Waals surface area contributed by atoms with Crippen LogP contribution < -0.4 is 0 Å². The van der Waals surface area contributed by atoms with Crippen LogP contribution in [0, 0.1) is 11.5 Å². The van der Waals surface area contributed by atoms with E-state index in [0.29, 0.717) is 49.9 Å². The van der Waals surface area contributed by atoms with Crippen molar-refractivity contribution >= 4 is 33.0 Å². The van der Waals surface area contributed by atoms with E-state index in [4.69, 9.17) is 18.0 Å². The van der Waals surface area contributed by atoms with Crippen LogP contribution in [-0.4, -0.2) is 75.3 Å². The minimum Gasteiger partial charge on any atom is -0.408 e. The Morgan fingerprint density at radius 1 is 0.489 bits per heavy atom. The quantitative estimate of drug-likeness (QED) is 0.127. The monoisotopic (exact) mass is 729 g/mol. The van der Waals surface area contributed by atoms with Gasteiger partial charge in [0.1, 0.15) is 38.6 Å². The Morgan fingerprint density at radius 2 is 0.766 bits per heavy atom. The Kier molecular flexibility index (Phi) is 17.0. The van der Waals surface area contributed by atoms with Gasteiger partial charge in [-0.05, 0) is 49.9 Å². The number of ether oxygens (including phenoxy) is 1. The number of aliphatic hydroxyl groups is 1. The Bertz CT molecular complexity index is 940. The molecule has 0 aromatic rings. The van der Waals surface area contributed by atoms with Gasteiger partial charge in [0.05, 0.1) is 6.61 Å². The summed E-state index contributed by atoms with van der Waals surface area (Å²) in [6.07, 6.45) is -2.30. The molecular formula is C38H80O5Si4. The summed E-state index contributed by atoms with van der Waals surface area (Å²) < 4.78 is 30.5. The van der Waals surface area contributed by atoms with Crippen LogP contribution in [0.15, 0.2) is 0 Å². The molecule has 0 amide bonds. The molecule has 1 N–H and O–H groups in total. The van der Waals surface area contributed by atoms with Crippen molar-refractivity contribution < 1.29 is 23.1 Å². The molecule has 1 saturated heterocycles. The molecule has 0 spiro atoms. The lowest BCUT2D eigenvalue weighted by molar-refractivity contribution is -0.203. The Balaban J connectivity index is 4.39. The van der Waals surface area contributed by atoms with Crippen molar-refractivity contribution in [3.05, 3.63) is 0 Å². The van der Waals surface area contributed by atoms with E-state index in [0.717, 1.165) is 0 Å². The van der Waals surface area contributed by atoms with E-state index < -0.39 is 63.5 Å². The van der Waals surface area contributed by atoms with Crippen LogP contribution in [0.5, 0.6) is 0 Å². The summed E-state index contributed by atoms with van der Waals surface area (Å²) in [6.45, 7) is 48.9. The summed E-state index contributed by atoms with van der Waals surface area (Å²) in [7, 11) is -9.05. The first-order chi connectivity index (χ1) is 21.3. The largest absolute Gasteiger partial charge is 0.408 e. The molecule has 0 unspecified atom stereocenters. The van der Waals surface area contributed by atoms with Gasteiger partial charge in [-0.1, -0.05) is 150 Å². The second-order valence-electron chi connectivity index (χ2n) is 18.5.